The van der Waals surface area contributed by atoms with Crippen LogP contribution in [0.25, 0.3) is 0 Å². The highest BCUT2D eigenvalue weighted by atomic mass is 19.2. The first-order chi connectivity index (χ1) is 10.5. The number of rotatable bonds is 6. The van der Waals surface area contributed by atoms with E-state index in [1.165, 1.54) is 6.07 Å². The SMILES string of the molecule is O=C(O)C(CC1CC1)NC(=O)C1CC1c1ccc(F)c(F)c1. The normalized spacial score (nSPS) is 24.6. The molecule has 1 aromatic rings. The smallest absolute Gasteiger partial charge is 0.326 e. The minimum Gasteiger partial charge on any atom is -0.480 e. The van der Waals surface area contributed by atoms with Crippen LogP contribution >= 0.6 is 0 Å². The third kappa shape index (κ3) is 3.26. The maximum absolute atomic E-state index is 13.2. The maximum atomic E-state index is 13.2. The van der Waals surface area contributed by atoms with Crippen molar-refractivity contribution >= 4 is 11.9 Å². The summed E-state index contributed by atoms with van der Waals surface area (Å²) in [4.78, 5) is 23.3. The Bertz CT molecular complexity index is 615. The van der Waals surface area contributed by atoms with E-state index in [4.69, 9.17) is 5.11 Å². The van der Waals surface area contributed by atoms with Crippen LogP contribution in [0.3, 0.4) is 0 Å². The van der Waals surface area contributed by atoms with Gasteiger partial charge in [-0.3, -0.25) is 4.79 Å². The van der Waals surface area contributed by atoms with Crippen LogP contribution in [0, 0.1) is 23.5 Å². The van der Waals surface area contributed by atoms with Gasteiger partial charge in [-0.1, -0.05) is 18.9 Å². The number of carbonyl (C=O) groups excluding carboxylic acids is 1. The Morgan fingerprint density at radius 1 is 1.27 bits per heavy atom. The quantitative estimate of drug-likeness (QED) is 0.848. The second-order valence-corrected chi connectivity index (χ2v) is 6.20. The molecule has 3 rings (SSSR count). The fraction of sp³-hybridized carbons (Fsp3) is 0.500. The first kappa shape index (κ1) is 14.9. The van der Waals surface area contributed by atoms with Gasteiger partial charge in [-0.25, -0.2) is 13.6 Å². The molecule has 0 heterocycles. The zero-order chi connectivity index (χ0) is 15.9. The van der Waals surface area contributed by atoms with E-state index in [1.54, 1.807) is 0 Å². The van der Waals surface area contributed by atoms with Gasteiger partial charge in [-0.2, -0.15) is 0 Å². The summed E-state index contributed by atoms with van der Waals surface area (Å²) >= 11 is 0. The molecule has 6 heteroatoms. The van der Waals surface area contributed by atoms with Crippen molar-refractivity contribution in [3.05, 3.63) is 35.4 Å². The van der Waals surface area contributed by atoms with Gasteiger partial charge in [0.2, 0.25) is 5.91 Å². The summed E-state index contributed by atoms with van der Waals surface area (Å²) in [6.07, 6.45) is 3.03. The summed E-state index contributed by atoms with van der Waals surface area (Å²) in [5, 5.41) is 11.7. The van der Waals surface area contributed by atoms with Gasteiger partial charge >= 0.3 is 5.97 Å². The second kappa shape index (κ2) is 5.66. The molecule has 2 aliphatic rings. The molecule has 0 bridgehead atoms. The fourth-order valence-electron chi connectivity index (χ4n) is 2.78. The summed E-state index contributed by atoms with van der Waals surface area (Å²) in [7, 11) is 0. The summed E-state index contributed by atoms with van der Waals surface area (Å²) in [6, 6.07) is 2.76. The van der Waals surface area contributed by atoms with Crippen molar-refractivity contribution in [1.82, 2.24) is 5.32 Å². The lowest BCUT2D eigenvalue weighted by molar-refractivity contribution is -0.142. The summed E-state index contributed by atoms with van der Waals surface area (Å²) in [5.74, 6) is -3.31. The zero-order valence-corrected chi connectivity index (χ0v) is 11.9. The number of nitrogens with one attached hydrogen (secondary N) is 1. The van der Waals surface area contributed by atoms with E-state index in [9.17, 15) is 18.4 Å². The van der Waals surface area contributed by atoms with Crippen molar-refractivity contribution in [3.63, 3.8) is 0 Å². The number of benzene rings is 1. The number of carboxylic acid groups (broad SMARTS) is 1. The minimum atomic E-state index is -1.02. The van der Waals surface area contributed by atoms with Crippen LogP contribution in [0.4, 0.5) is 8.78 Å². The van der Waals surface area contributed by atoms with Gasteiger partial charge in [0.1, 0.15) is 6.04 Å². The molecule has 4 nitrogen and oxygen atoms in total. The summed E-state index contributed by atoms with van der Waals surface area (Å²) < 4.78 is 26.1. The third-order valence-corrected chi connectivity index (χ3v) is 4.38. The number of hydrogen-bond acceptors (Lipinski definition) is 2. The highest BCUT2D eigenvalue weighted by Crippen LogP contribution is 2.48. The molecule has 0 radical (unpaired) electrons. The van der Waals surface area contributed by atoms with E-state index in [1.807, 2.05) is 0 Å². The lowest BCUT2D eigenvalue weighted by atomic mass is 10.1. The van der Waals surface area contributed by atoms with Crippen molar-refractivity contribution in [2.75, 3.05) is 0 Å². The molecule has 2 N–H and O–H groups in total. The number of aliphatic carboxylic acids is 1. The Hall–Kier alpha value is -1.98. The van der Waals surface area contributed by atoms with Crippen LogP contribution in [0.2, 0.25) is 0 Å². The van der Waals surface area contributed by atoms with Gasteiger partial charge in [-0.15, -0.1) is 0 Å². The predicted molar refractivity (Wildman–Crippen MR) is 74.1 cm³/mol. The molecule has 22 heavy (non-hydrogen) atoms. The highest BCUT2D eigenvalue weighted by molar-refractivity contribution is 5.87. The molecule has 0 aliphatic heterocycles. The van der Waals surface area contributed by atoms with Gasteiger partial charge in [0, 0.05) is 5.92 Å². The van der Waals surface area contributed by atoms with Gasteiger partial charge < -0.3 is 10.4 Å². The van der Waals surface area contributed by atoms with Crippen molar-refractivity contribution in [2.24, 2.45) is 11.8 Å². The van der Waals surface area contributed by atoms with E-state index in [0.29, 0.717) is 24.3 Å². The monoisotopic (exact) mass is 309 g/mol. The zero-order valence-electron chi connectivity index (χ0n) is 11.9. The van der Waals surface area contributed by atoms with Crippen LogP contribution < -0.4 is 5.32 Å². The lowest BCUT2D eigenvalue weighted by Crippen LogP contribution is -2.42. The average molecular weight is 309 g/mol. The number of carbonyl (C=O) groups is 2. The molecular formula is C16H17F2NO3. The summed E-state index contributed by atoms with van der Waals surface area (Å²) in [5.41, 5.74) is 0.577. The third-order valence-electron chi connectivity index (χ3n) is 4.38. The molecule has 118 valence electrons. The Morgan fingerprint density at radius 3 is 2.59 bits per heavy atom. The molecule has 1 aromatic carbocycles. The Balaban J connectivity index is 1.59. The molecule has 0 saturated heterocycles. The Labute approximate surface area is 126 Å². The van der Waals surface area contributed by atoms with Gasteiger partial charge in [0.05, 0.1) is 0 Å². The molecule has 2 fully saturated rings. The molecule has 2 aliphatic carbocycles. The molecule has 0 aromatic heterocycles. The van der Waals surface area contributed by atoms with Gasteiger partial charge in [-0.05, 0) is 42.4 Å². The molecular weight excluding hydrogens is 292 g/mol. The number of amides is 1. The second-order valence-electron chi connectivity index (χ2n) is 6.20. The molecule has 0 spiro atoms. The Kier molecular flexibility index (Phi) is 3.85. The number of hydrogen-bond donors (Lipinski definition) is 2. The largest absolute Gasteiger partial charge is 0.480 e. The number of halogens is 2. The Morgan fingerprint density at radius 2 is 2.00 bits per heavy atom. The topological polar surface area (TPSA) is 66.4 Å². The van der Waals surface area contributed by atoms with E-state index in [0.717, 1.165) is 25.0 Å². The molecule has 3 unspecified atom stereocenters. The molecule has 3 atom stereocenters. The van der Waals surface area contributed by atoms with Crippen LogP contribution in [0.1, 0.15) is 37.2 Å². The van der Waals surface area contributed by atoms with E-state index in [-0.39, 0.29) is 17.7 Å². The standard InChI is InChI=1S/C16H17F2NO3/c17-12-4-3-9(6-13(12)18)10-7-11(10)15(20)19-14(16(21)22)5-8-1-2-8/h3-4,6,8,10-11,14H,1-2,5,7H2,(H,19,20)(H,21,22). The number of carboxylic acids is 1. The van der Waals surface area contributed by atoms with Crippen LogP contribution in [0.15, 0.2) is 18.2 Å². The first-order valence-electron chi connectivity index (χ1n) is 7.44. The van der Waals surface area contributed by atoms with E-state index < -0.39 is 23.6 Å². The van der Waals surface area contributed by atoms with E-state index in [2.05, 4.69) is 5.32 Å². The maximum Gasteiger partial charge on any atom is 0.326 e. The van der Waals surface area contributed by atoms with Crippen LogP contribution in [-0.4, -0.2) is 23.0 Å². The van der Waals surface area contributed by atoms with Crippen LogP contribution in [0.5, 0.6) is 0 Å². The highest BCUT2D eigenvalue weighted by Gasteiger charge is 2.45. The van der Waals surface area contributed by atoms with Crippen molar-refractivity contribution in [2.45, 2.75) is 37.6 Å². The lowest BCUT2D eigenvalue weighted by Gasteiger charge is -2.14. The predicted octanol–water partition coefficient (Wildman–Crippen LogP) is 2.44. The first-order valence-corrected chi connectivity index (χ1v) is 7.44. The van der Waals surface area contributed by atoms with Crippen molar-refractivity contribution in [1.29, 1.82) is 0 Å². The van der Waals surface area contributed by atoms with Crippen molar-refractivity contribution in [3.8, 4) is 0 Å². The summed E-state index contributed by atoms with van der Waals surface area (Å²) in [6.45, 7) is 0. The minimum absolute atomic E-state index is 0.162. The fourth-order valence-corrected chi connectivity index (χ4v) is 2.78. The van der Waals surface area contributed by atoms with Crippen LogP contribution in [-0.2, 0) is 9.59 Å². The van der Waals surface area contributed by atoms with Gasteiger partial charge in [0.15, 0.2) is 11.6 Å². The van der Waals surface area contributed by atoms with Gasteiger partial charge in [0.25, 0.3) is 0 Å². The molecule has 1 amide bonds. The van der Waals surface area contributed by atoms with E-state index >= 15 is 0 Å². The average Bonchev–Trinajstić information content (AvgIpc) is 3.34. The molecule has 2 saturated carbocycles. The van der Waals surface area contributed by atoms with Crippen molar-refractivity contribution < 1.29 is 23.5 Å².